The summed E-state index contributed by atoms with van der Waals surface area (Å²) in [5.41, 5.74) is 3.45. The van der Waals surface area contributed by atoms with Crippen molar-refractivity contribution in [3.05, 3.63) is 65.2 Å². The van der Waals surface area contributed by atoms with E-state index < -0.39 is 6.04 Å². The summed E-state index contributed by atoms with van der Waals surface area (Å²) in [4.78, 5) is 27.3. The van der Waals surface area contributed by atoms with Gasteiger partial charge in [0.2, 0.25) is 11.8 Å². The fourth-order valence-electron chi connectivity index (χ4n) is 3.40. The van der Waals surface area contributed by atoms with Crippen molar-refractivity contribution in [1.82, 2.24) is 10.2 Å². The van der Waals surface area contributed by atoms with Crippen molar-refractivity contribution in [2.45, 2.75) is 65.5 Å². The fourth-order valence-corrected chi connectivity index (χ4v) is 3.40. The number of rotatable bonds is 9. The van der Waals surface area contributed by atoms with Gasteiger partial charge in [0.25, 0.3) is 0 Å². The van der Waals surface area contributed by atoms with Crippen LogP contribution < -0.4 is 10.1 Å². The summed E-state index contributed by atoms with van der Waals surface area (Å²) in [7, 11) is 1.62. The predicted molar refractivity (Wildman–Crippen MR) is 125 cm³/mol. The van der Waals surface area contributed by atoms with Crippen LogP contribution in [0, 0.1) is 0 Å². The van der Waals surface area contributed by atoms with Gasteiger partial charge in [-0.25, -0.2) is 0 Å². The number of hydrogen-bond donors (Lipinski definition) is 1. The molecule has 0 spiro atoms. The molecule has 2 aromatic carbocycles. The van der Waals surface area contributed by atoms with Gasteiger partial charge in [-0.15, -0.1) is 0 Å². The van der Waals surface area contributed by atoms with Crippen molar-refractivity contribution >= 4 is 11.8 Å². The first kappa shape index (κ1) is 24.4. The molecule has 5 nitrogen and oxygen atoms in total. The van der Waals surface area contributed by atoms with Crippen LogP contribution in [0.25, 0.3) is 0 Å². The molecule has 0 unspecified atom stereocenters. The van der Waals surface area contributed by atoms with Crippen LogP contribution in [0.5, 0.6) is 5.75 Å². The molecule has 2 amide bonds. The molecular weight excluding hydrogens is 388 g/mol. The van der Waals surface area contributed by atoms with Gasteiger partial charge in [-0.3, -0.25) is 9.59 Å². The number of amides is 2. The Kier molecular flexibility index (Phi) is 8.66. The number of ether oxygens (including phenoxy) is 1. The summed E-state index contributed by atoms with van der Waals surface area (Å²) >= 11 is 0. The van der Waals surface area contributed by atoms with Crippen LogP contribution in [0.4, 0.5) is 0 Å². The van der Waals surface area contributed by atoms with E-state index >= 15 is 0 Å². The summed E-state index contributed by atoms with van der Waals surface area (Å²) < 4.78 is 5.21. The van der Waals surface area contributed by atoms with Crippen molar-refractivity contribution in [1.29, 1.82) is 0 Å². The Hall–Kier alpha value is -2.82. The lowest BCUT2D eigenvalue weighted by atomic mass is 9.86. The van der Waals surface area contributed by atoms with Crippen molar-refractivity contribution in [3.63, 3.8) is 0 Å². The molecule has 0 aromatic heterocycles. The highest BCUT2D eigenvalue weighted by atomic mass is 16.5. The number of benzene rings is 2. The normalized spacial score (nSPS) is 12.2. The minimum Gasteiger partial charge on any atom is -0.497 e. The van der Waals surface area contributed by atoms with Crippen LogP contribution in [0.1, 0.15) is 57.7 Å². The zero-order valence-corrected chi connectivity index (χ0v) is 19.7. The monoisotopic (exact) mass is 424 g/mol. The second kappa shape index (κ2) is 11.0. The first-order valence-electron chi connectivity index (χ1n) is 10.9. The minimum absolute atomic E-state index is 0.0329. The van der Waals surface area contributed by atoms with E-state index in [1.807, 2.05) is 31.2 Å². The predicted octanol–water partition coefficient (Wildman–Crippen LogP) is 4.48. The first-order chi connectivity index (χ1) is 14.7. The third kappa shape index (κ3) is 7.12. The van der Waals surface area contributed by atoms with Gasteiger partial charge in [-0.1, -0.05) is 57.2 Å². The lowest BCUT2D eigenvalue weighted by molar-refractivity contribution is -0.140. The van der Waals surface area contributed by atoms with Crippen molar-refractivity contribution in [2.75, 3.05) is 13.7 Å². The molecule has 31 heavy (non-hydrogen) atoms. The van der Waals surface area contributed by atoms with E-state index in [2.05, 4.69) is 50.4 Å². The SMILES string of the molecule is CCNC(=O)[C@@H](C)N(Cc1ccc(OC)cc1)C(=O)CCc1ccc(C(C)(C)C)cc1. The van der Waals surface area contributed by atoms with E-state index in [4.69, 9.17) is 4.74 Å². The van der Waals surface area contributed by atoms with Crippen LogP contribution in [0.15, 0.2) is 48.5 Å². The Balaban J connectivity index is 2.11. The number of methoxy groups -OCH3 is 1. The number of hydrogen-bond acceptors (Lipinski definition) is 3. The molecule has 0 aliphatic heterocycles. The Labute approximate surface area is 186 Å². The smallest absolute Gasteiger partial charge is 0.242 e. The van der Waals surface area contributed by atoms with E-state index in [1.165, 1.54) is 5.56 Å². The van der Waals surface area contributed by atoms with Gasteiger partial charge in [0.05, 0.1) is 7.11 Å². The van der Waals surface area contributed by atoms with Gasteiger partial charge >= 0.3 is 0 Å². The van der Waals surface area contributed by atoms with E-state index in [0.717, 1.165) is 16.9 Å². The van der Waals surface area contributed by atoms with E-state index in [1.54, 1.807) is 18.9 Å². The third-order valence-corrected chi connectivity index (χ3v) is 5.48. The lowest BCUT2D eigenvalue weighted by Gasteiger charge is -2.29. The molecule has 5 heteroatoms. The van der Waals surface area contributed by atoms with Crippen molar-refractivity contribution in [3.8, 4) is 5.75 Å². The molecule has 0 aliphatic carbocycles. The van der Waals surface area contributed by atoms with Gasteiger partial charge in [-0.05, 0) is 54.5 Å². The maximum Gasteiger partial charge on any atom is 0.242 e. The summed E-state index contributed by atoms with van der Waals surface area (Å²) in [6, 6.07) is 15.5. The Bertz CT molecular complexity index is 852. The highest BCUT2D eigenvalue weighted by Crippen LogP contribution is 2.23. The molecule has 0 saturated heterocycles. The van der Waals surface area contributed by atoms with Crippen molar-refractivity contribution in [2.24, 2.45) is 0 Å². The lowest BCUT2D eigenvalue weighted by Crippen LogP contribution is -2.47. The van der Waals surface area contributed by atoms with E-state index in [0.29, 0.717) is 25.9 Å². The third-order valence-electron chi connectivity index (χ3n) is 5.48. The van der Waals surface area contributed by atoms with Crippen LogP contribution in [-0.4, -0.2) is 36.4 Å². The molecule has 2 rings (SSSR count). The molecule has 0 heterocycles. The average Bonchev–Trinajstić information content (AvgIpc) is 2.75. The second-order valence-corrected chi connectivity index (χ2v) is 8.89. The molecule has 0 bridgehead atoms. The summed E-state index contributed by atoms with van der Waals surface area (Å²) in [5.74, 6) is 0.588. The largest absolute Gasteiger partial charge is 0.497 e. The van der Waals surface area contributed by atoms with E-state index in [-0.39, 0.29) is 17.2 Å². The molecule has 0 fully saturated rings. The summed E-state index contributed by atoms with van der Waals surface area (Å²) in [6.07, 6.45) is 0.999. The molecular formula is C26H36N2O3. The number of carbonyl (C=O) groups excluding carboxylic acids is 2. The minimum atomic E-state index is -0.544. The zero-order valence-electron chi connectivity index (χ0n) is 19.7. The Morgan fingerprint density at radius 3 is 2.10 bits per heavy atom. The fraction of sp³-hybridized carbons (Fsp3) is 0.462. The van der Waals surface area contributed by atoms with Crippen LogP contribution in [0.3, 0.4) is 0 Å². The highest BCUT2D eigenvalue weighted by Gasteiger charge is 2.25. The Morgan fingerprint density at radius 1 is 1.00 bits per heavy atom. The van der Waals surface area contributed by atoms with Crippen molar-refractivity contribution < 1.29 is 14.3 Å². The van der Waals surface area contributed by atoms with Gasteiger partial charge in [0.15, 0.2) is 0 Å². The molecule has 2 aromatic rings. The second-order valence-electron chi connectivity index (χ2n) is 8.89. The first-order valence-corrected chi connectivity index (χ1v) is 10.9. The number of aryl methyl sites for hydroxylation is 1. The molecule has 0 radical (unpaired) electrons. The molecule has 0 saturated carbocycles. The number of nitrogens with one attached hydrogen (secondary N) is 1. The van der Waals surface area contributed by atoms with Crippen LogP contribution >= 0.6 is 0 Å². The van der Waals surface area contributed by atoms with Crippen LogP contribution in [0.2, 0.25) is 0 Å². The van der Waals surface area contributed by atoms with Gasteiger partial charge in [0.1, 0.15) is 11.8 Å². The van der Waals surface area contributed by atoms with E-state index in [9.17, 15) is 9.59 Å². The standard InChI is InChI=1S/C26H36N2O3/c1-7-27-25(30)19(2)28(18-21-10-15-23(31-6)16-11-21)24(29)17-12-20-8-13-22(14-9-20)26(3,4)5/h8-11,13-16,19H,7,12,17-18H2,1-6H3,(H,27,30)/t19-/m1/s1. The molecule has 1 N–H and O–H groups in total. The number of carbonyl (C=O) groups is 2. The van der Waals surface area contributed by atoms with Gasteiger partial charge in [-0.2, -0.15) is 0 Å². The molecule has 1 atom stereocenters. The number of nitrogens with zero attached hydrogens (tertiary/aromatic N) is 1. The quantitative estimate of drug-likeness (QED) is 0.646. The summed E-state index contributed by atoms with van der Waals surface area (Å²) in [6.45, 7) is 11.1. The zero-order chi connectivity index (χ0) is 23.0. The maximum atomic E-state index is 13.1. The molecule has 0 aliphatic rings. The van der Waals surface area contributed by atoms with Gasteiger partial charge in [0, 0.05) is 19.5 Å². The van der Waals surface area contributed by atoms with Gasteiger partial charge < -0.3 is 15.0 Å². The van der Waals surface area contributed by atoms with Crippen LogP contribution in [-0.2, 0) is 28.0 Å². The Morgan fingerprint density at radius 2 is 1.58 bits per heavy atom. The summed E-state index contributed by atoms with van der Waals surface area (Å²) in [5, 5.41) is 2.83. The number of likely N-dealkylation sites (N-methyl/N-ethyl adjacent to an activating group) is 1. The molecule has 168 valence electrons. The maximum absolute atomic E-state index is 13.1. The highest BCUT2D eigenvalue weighted by molar-refractivity contribution is 5.87. The topological polar surface area (TPSA) is 58.6 Å². The average molecular weight is 425 g/mol.